The molecule has 0 saturated heterocycles. The van der Waals surface area contributed by atoms with Crippen molar-refractivity contribution in [2.24, 2.45) is 0 Å². The fourth-order valence-corrected chi connectivity index (χ4v) is 1.52. The SMILES string of the molecule is C#CCC(NCCC)c1cccc(F)c1F. The van der Waals surface area contributed by atoms with Crippen LogP contribution in [0.3, 0.4) is 0 Å². The molecule has 1 aromatic carbocycles. The van der Waals surface area contributed by atoms with Crippen molar-refractivity contribution in [3.8, 4) is 12.3 Å². The van der Waals surface area contributed by atoms with Crippen molar-refractivity contribution in [1.82, 2.24) is 5.32 Å². The van der Waals surface area contributed by atoms with Crippen molar-refractivity contribution in [2.45, 2.75) is 25.8 Å². The summed E-state index contributed by atoms with van der Waals surface area (Å²) in [4.78, 5) is 0. The average Bonchev–Trinajstić information content (AvgIpc) is 2.28. The van der Waals surface area contributed by atoms with Crippen LogP contribution in [0.15, 0.2) is 18.2 Å². The number of terminal acetylenes is 1. The maximum atomic E-state index is 13.5. The molecule has 0 fully saturated rings. The Kier molecular flexibility index (Phi) is 4.94. The number of halogens is 2. The average molecular weight is 223 g/mol. The van der Waals surface area contributed by atoms with E-state index in [1.165, 1.54) is 6.07 Å². The van der Waals surface area contributed by atoms with Crippen LogP contribution in [-0.2, 0) is 0 Å². The molecule has 0 heterocycles. The quantitative estimate of drug-likeness (QED) is 0.756. The molecule has 16 heavy (non-hydrogen) atoms. The van der Waals surface area contributed by atoms with Crippen LogP contribution in [0.5, 0.6) is 0 Å². The maximum absolute atomic E-state index is 13.5. The van der Waals surface area contributed by atoms with Crippen LogP contribution in [0.25, 0.3) is 0 Å². The van der Waals surface area contributed by atoms with Crippen LogP contribution < -0.4 is 5.32 Å². The van der Waals surface area contributed by atoms with Gasteiger partial charge in [0.1, 0.15) is 0 Å². The lowest BCUT2D eigenvalue weighted by atomic mass is 10.0. The molecule has 0 spiro atoms. The van der Waals surface area contributed by atoms with Crippen molar-refractivity contribution >= 4 is 0 Å². The first kappa shape index (κ1) is 12.7. The summed E-state index contributed by atoms with van der Waals surface area (Å²) in [6.07, 6.45) is 6.48. The summed E-state index contributed by atoms with van der Waals surface area (Å²) in [5, 5.41) is 3.11. The fourth-order valence-electron chi connectivity index (χ4n) is 1.52. The second kappa shape index (κ2) is 6.24. The van der Waals surface area contributed by atoms with E-state index in [2.05, 4.69) is 11.2 Å². The van der Waals surface area contributed by atoms with E-state index in [1.807, 2.05) is 6.92 Å². The molecular formula is C13H15F2N. The van der Waals surface area contributed by atoms with Crippen molar-refractivity contribution in [1.29, 1.82) is 0 Å². The summed E-state index contributed by atoms with van der Waals surface area (Å²) in [5.74, 6) is 0.821. The van der Waals surface area contributed by atoms with E-state index in [0.717, 1.165) is 19.0 Å². The predicted molar refractivity (Wildman–Crippen MR) is 60.8 cm³/mol. The third kappa shape index (κ3) is 3.04. The Balaban J connectivity index is 2.92. The first-order valence-corrected chi connectivity index (χ1v) is 5.31. The van der Waals surface area contributed by atoms with E-state index in [4.69, 9.17) is 6.42 Å². The van der Waals surface area contributed by atoms with Crippen LogP contribution in [0.2, 0.25) is 0 Å². The molecule has 1 N–H and O–H groups in total. The van der Waals surface area contributed by atoms with E-state index in [1.54, 1.807) is 6.07 Å². The minimum atomic E-state index is -0.835. The minimum absolute atomic E-state index is 0.298. The highest BCUT2D eigenvalue weighted by Crippen LogP contribution is 2.21. The zero-order valence-electron chi connectivity index (χ0n) is 9.26. The highest BCUT2D eigenvalue weighted by Gasteiger charge is 2.16. The van der Waals surface area contributed by atoms with Gasteiger partial charge in [-0.2, -0.15) is 0 Å². The summed E-state index contributed by atoms with van der Waals surface area (Å²) >= 11 is 0. The van der Waals surface area contributed by atoms with Gasteiger partial charge in [0.05, 0.1) is 0 Å². The molecule has 0 aliphatic carbocycles. The molecule has 1 aromatic rings. The standard InChI is InChI=1S/C13H15F2N/c1-3-6-12(16-9-4-2)10-7-5-8-11(14)13(10)15/h1,5,7-8,12,16H,4,6,9H2,2H3. The monoisotopic (exact) mass is 223 g/mol. The van der Waals surface area contributed by atoms with Crippen LogP contribution in [-0.4, -0.2) is 6.54 Å². The summed E-state index contributed by atoms with van der Waals surface area (Å²) < 4.78 is 26.6. The van der Waals surface area contributed by atoms with Crippen LogP contribution in [0.4, 0.5) is 8.78 Å². The third-order valence-corrected chi connectivity index (χ3v) is 2.32. The van der Waals surface area contributed by atoms with Gasteiger partial charge in [-0.05, 0) is 19.0 Å². The smallest absolute Gasteiger partial charge is 0.163 e. The van der Waals surface area contributed by atoms with E-state index in [-0.39, 0.29) is 6.04 Å². The van der Waals surface area contributed by atoms with E-state index in [9.17, 15) is 8.78 Å². The first-order chi connectivity index (χ1) is 7.70. The Morgan fingerprint density at radius 2 is 2.19 bits per heavy atom. The topological polar surface area (TPSA) is 12.0 Å². The Morgan fingerprint density at radius 3 is 2.81 bits per heavy atom. The van der Waals surface area contributed by atoms with Gasteiger partial charge in [0, 0.05) is 18.0 Å². The van der Waals surface area contributed by atoms with Gasteiger partial charge in [0.15, 0.2) is 11.6 Å². The van der Waals surface area contributed by atoms with Crippen LogP contribution in [0.1, 0.15) is 31.4 Å². The lowest BCUT2D eigenvalue weighted by Gasteiger charge is -2.17. The fraction of sp³-hybridized carbons (Fsp3) is 0.385. The molecule has 0 radical (unpaired) electrons. The third-order valence-electron chi connectivity index (χ3n) is 2.32. The van der Waals surface area contributed by atoms with Gasteiger partial charge in [-0.15, -0.1) is 12.3 Å². The number of hydrogen-bond donors (Lipinski definition) is 1. The van der Waals surface area contributed by atoms with Gasteiger partial charge in [-0.1, -0.05) is 19.1 Å². The molecule has 0 bridgehead atoms. The zero-order chi connectivity index (χ0) is 12.0. The van der Waals surface area contributed by atoms with Gasteiger partial charge in [0.25, 0.3) is 0 Å². The van der Waals surface area contributed by atoms with Gasteiger partial charge in [-0.25, -0.2) is 8.78 Å². The molecule has 0 aromatic heterocycles. The van der Waals surface area contributed by atoms with Crippen molar-refractivity contribution < 1.29 is 8.78 Å². The molecule has 0 aliphatic heterocycles. The van der Waals surface area contributed by atoms with Gasteiger partial charge < -0.3 is 5.32 Å². The Morgan fingerprint density at radius 1 is 1.44 bits per heavy atom. The number of rotatable bonds is 5. The van der Waals surface area contributed by atoms with Crippen LogP contribution >= 0.6 is 0 Å². The molecule has 1 nitrogen and oxygen atoms in total. The Labute approximate surface area is 94.9 Å². The lowest BCUT2D eigenvalue weighted by Crippen LogP contribution is -2.23. The normalized spacial score (nSPS) is 12.1. The van der Waals surface area contributed by atoms with Gasteiger partial charge >= 0.3 is 0 Å². The largest absolute Gasteiger partial charge is 0.309 e. The van der Waals surface area contributed by atoms with Crippen molar-refractivity contribution in [3.05, 3.63) is 35.4 Å². The van der Waals surface area contributed by atoms with Crippen molar-refractivity contribution in [3.63, 3.8) is 0 Å². The molecular weight excluding hydrogens is 208 g/mol. The zero-order valence-corrected chi connectivity index (χ0v) is 9.26. The molecule has 1 atom stereocenters. The minimum Gasteiger partial charge on any atom is -0.309 e. The molecule has 1 rings (SSSR count). The maximum Gasteiger partial charge on any atom is 0.163 e. The lowest BCUT2D eigenvalue weighted by molar-refractivity contribution is 0.464. The molecule has 0 aliphatic rings. The van der Waals surface area contributed by atoms with E-state index in [0.29, 0.717) is 12.0 Å². The number of nitrogens with one attached hydrogen (secondary N) is 1. The van der Waals surface area contributed by atoms with Gasteiger partial charge in [-0.3, -0.25) is 0 Å². The molecule has 0 saturated carbocycles. The molecule has 3 heteroatoms. The van der Waals surface area contributed by atoms with Crippen molar-refractivity contribution in [2.75, 3.05) is 6.54 Å². The summed E-state index contributed by atoms with van der Waals surface area (Å²) in [6.45, 7) is 2.73. The van der Waals surface area contributed by atoms with E-state index >= 15 is 0 Å². The number of benzene rings is 1. The second-order valence-electron chi connectivity index (χ2n) is 3.56. The highest BCUT2D eigenvalue weighted by atomic mass is 19.2. The molecule has 1 unspecified atom stereocenters. The second-order valence-corrected chi connectivity index (χ2v) is 3.56. The van der Waals surface area contributed by atoms with E-state index < -0.39 is 11.6 Å². The Bertz CT molecular complexity index is 382. The number of hydrogen-bond acceptors (Lipinski definition) is 1. The molecule has 86 valence electrons. The highest BCUT2D eigenvalue weighted by molar-refractivity contribution is 5.23. The predicted octanol–water partition coefficient (Wildman–Crippen LogP) is 3.03. The summed E-state index contributed by atoms with van der Waals surface area (Å²) in [6, 6.07) is 3.83. The van der Waals surface area contributed by atoms with Crippen LogP contribution in [0, 0.1) is 24.0 Å². The Hall–Kier alpha value is -1.40. The van der Waals surface area contributed by atoms with Gasteiger partial charge in [0.2, 0.25) is 0 Å². The molecule has 0 amide bonds. The summed E-state index contributed by atoms with van der Waals surface area (Å²) in [5.41, 5.74) is 0.298. The summed E-state index contributed by atoms with van der Waals surface area (Å²) in [7, 11) is 0. The first-order valence-electron chi connectivity index (χ1n) is 5.31.